The van der Waals surface area contributed by atoms with Crippen molar-refractivity contribution in [1.29, 1.82) is 0 Å². The minimum absolute atomic E-state index is 0.119. The van der Waals surface area contributed by atoms with Gasteiger partial charge >= 0.3 is 0 Å². The molecule has 0 radical (unpaired) electrons. The smallest absolute Gasteiger partial charge is 0.163 e. The molecular weight excluding hydrogens is 288 g/mol. The molecule has 2 atom stereocenters. The highest BCUT2D eigenvalue weighted by molar-refractivity contribution is 5.96. The van der Waals surface area contributed by atoms with E-state index >= 15 is 0 Å². The summed E-state index contributed by atoms with van der Waals surface area (Å²) in [4.78, 5) is 23.8. The maximum atomic E-state index is 12.4. The third kappa shape index (κ3) is 2.24. The molecule has 2 aromatic carbocycles. The fourth-order valence-electron chi connectivity index (χ4n) is 3.39. The van der Waals surface area contributed by atoms with Crippen molar-refractivity contribution in [2.24, 2.45) is 0 Å². The zero-order valence-electron chi connectivity index (χ0n) is 13.0. The molecule has 3 aliphatic rings. The Kier molecular flexibility index (Phi) is 3.22. The summed E-state index contributed by atoms with van der Waals surface area (Å²) < 4.78 is 0. The number of rotatable bonds is 4. The summed E-state index contributed by atoms with van der Waals surface area (Å²) >= 11 is 0. The summed E-state index contributed by atoms with van der Waals surface area (Å²) in [7, 11) is 0. The van der Waals surface area contributed by atoms with Crippen molar-refractivity contribution >= 4 is 5.78 Å². The van der Waals surface area contributed by atoms with Crippen molar-refractivity contribution in [3.05, 3.63) is 83.4 Å². The van der Waals surface area contributed by atoms with Crippen LogP contribution in [0.3, 0.4) is 0 Å². The van der Waals surface area contributed by atoms with Crippen LogP contribution in [-0.4, -0.2) is 5.78 Å². The molecule has 5 rings (SSSR count). The van der Waals surface area contributed by atoms with Crippen LogP contribution in [0.2, 0.25) is 0 Å². The van der Waals surface area contributed by atoms with Gasteiger partial charge in [0.25, 0.3) is 0 Å². The Bertz CT molecular complexity index is 780. The number of Topliss-reactive ketones (excluding diaryl/α,β-unsaturated/α-hetero) is 1. The maximum Gasteiger partial charge on any atom is 0.163 e. The first-order valence-electron chi connectivity index (χ1n) is 7.88. The number of benzene rings is 2. The minimum Gasteiger partial charge on any atom is -0.294 e. The molecule has 0 saturated heterocycles. The second kappa shape index (κ2) is 5.15. The second-order valence-electron chi connectivity index (χ2n) is 6.33. The Balaban J connectivity index is 1.62. The molecular formula is C20H18O3. The Morgan fingerprint density at radius 2 is 1.61 bits per heavy atom. The molecule has 2 aromatic rings. The van der Waals surface area contributed by atoms with Gasteiger partial charge in [-0.1, -0.05) is 54.6 Å². The molecule has 2 heterocycles. The van der Waals surface area contributed by atoms with Gasteiger partial charge in [-0.15, -0.1) is 0 Å². The molecule has 116 valence electrons. The lowest BCUT2D eigenvalue weighted by molar-refractivity contribution is -0.420. The van der Waals surface area contributed by atoms with E-state index in [1.165, 1.54) is 0 Å². The Labute approximate surface area is 135 Å². The summed E-state index contributed by atoms with van der Waals surface area (Å²) in [6.45, 7) is 1.99. The molecule has 0 fully saturated rings. The van der Waals surface area contributed by atoms with Crippen molar-refractivity contribution in [2.45, 2.75) is 31.0 Å². The highest BCUT2D eigenvalue weighted by atomic mass is 17.2. The summed E-state index contributed by atoms with van der Waals surface area (Å²) in [5, 5.41) is 0. The van der Waals surface area contributed by atoms with Crippen molar-refractivity contribution in [1.82, 2.24) is 0 Å². The van der Waals surface area contributed by atoms with Crippen LogP contribution in [0.25, 0.3) is 0 Å². The lowest BCUT2D eigenvalue weighted by Gasteiger charge is -2.46. The quantitative estimate of drug-likeness (QED) is 0.480. The number of carbonyl (C=O) groups excluding carboxylic acids is 1. The lowest BCUT2D eigenvalue weighted by atomic mass is 9.74. The molecule has 2 unspecified atom stereocenters. The van der Waals surface area contributed by atoms with Crippen molar-refractivity contribution in [2.75, 3.05) is 0 Å². The van der Waals surface area contributed by atoms with Gasteiger partial charge in [0.1, 0.15) is 11.2 Å². The summed E-state index contributed by atoms with van der Waals surface area (Å²) in [6, 6.07) is 17.5. The van der Waals surface area contributed by atoms with Crippen LogP contribution in [0.4, 0.5) is 0 Å². The fraction of sp³-hybridized carbons (Fsp3) is 0.250. The zero-order chi connectivity index (χ0) is 15.9. The number of hydrogen-bond acceptors (Lipinski definition) is 3. The van der Waals surface area contributed by atoms with E-state index in [-0.39, 0.29) is 5.78 Å². The standard InChI is InChI=1S/C20H18O3/c1-19-13-14-20(23-22-19,17-10-6-5-9-16(17)19)12-11-18(21)15-7-3-2-4-8-15/h2-10,13-14H,11-12H2,1H3. The van der Waals surface area contributed by atoms with Gasteiger partial charge in [-0.25, -0.2) is 9.78 Å². The van der Waals surface area contributed by atoms with Crippen LogP contribution < -0.4 is 0 Å². The fourth-order valence-corrected chi connectivity index (χ4v) is 3.39. The predicted molar refractivity (Wildman–Crippen MR) is 86.8 cm³/mol. The summed E-state index contributed by atoms with van der Waals surface area (Å²) in [6.07, 6.45) is 5.04. The average molecular weight is 306 g/mol. The first-order chi connectivity index (χ1) is 11.1. The van der Waals surface area contributed by atoms with Crippen molar-refractivity contribution in [3.8, 4) is 0 Å². The molecule has 3 nitrogen and oxygen atoms in total. The molecule has 3 heteroatoms. The molecule has 0 amide bonds. The van der Waals surface area contributed by atoms with Crippen LogP contribution >= 0.6 is 0 Å². The van der Waals surface area contributed by atoms with E-state index in [1.54, 1.807) is 0 Å². The number of hydrogen-bond donors (Lipinski definition) is 0. The van der Waals surface area contributed by atoms with E-state index in [2.05, 4.69) is 12.1 Å². The van der Waals surface area contributed by atoms with E-state index in [1.807, 2.05) is 61.5 Å². The van der Waals surface area contributed by atoms with Crippen molar-refractivity contribution < 1.29 is 14.6 Å². The van der Waals surface area contributed by atoms with Gasteiger partial charge in [0, 0.05) is 12.0 Å². The Hall–Kier alpha value is -2.23. The molecule has 0 spiro atoms. The predicted octanol–water partition coefficient (Wildman–Crippen LogP) is 4.29. The molecule has 0 saturated carbocycles. The minimum atomic E-state index is -0.668. The average Bonchev–Trinajstić information content (AvgIpc) is 2.62. The van der Waals surface area contributed by atoms with E-state index < -0.39 is 11.2 Å². The third-order valence-corrected chi connectivity index (χ3v) is 4.77. The first kappa shape index (κ1) is 14.4. The normalized spacial score (nSPS) is 27.7. The van der Waals surface area contributed by atoms with Crippen LogP contribution in [0.1, 0.15) is 41.3 Å². The zero-order valence-corrected chi connectivity index (χ0v) is 13.0. The van der Waals surface area contributed by atoms with E-state index in [0.29, 0.717) is 12.8 Å². The highest BCUT2D eigenvalue weighted by Gasteiger charge is 2.49. The molecule has 2 aliphatic heterocycles. The molecule has 1 aliphatic carbocycles. The Morgan fingerprint density at radius 1 is 0.913 bits per heavy atom. The topological polar surface area (TPSA) is 35.5 Å². The SMILES string of the molecule is CC12C=CC(CCC(=O)c3ccccc3)(OO1)c1ccccc12. The monoisotopic (exact) mass is 306 g/mol. The molecule has 23 heavy (non-hydrogen) atoms. The summed E-state index contributed by atoms with van der Waals surface area (Å²) in [5.41, 5.74) is 1.73. The maximum absolute atomic E-state index is 12.4. The van der Waals surface area contributed by atoms with Gasteiger partial charge in [0.15, 0.2) is 5.78 Å². The van der Waals surface area contributed by atoms with Crippen LogP contribution in [0.5, 0.6) is 0 Å². The largest absolute Gasteiger partial charge is 0.294 e. The first-order valence-corrected chi connectivity index (χ1v) is 7.88. The number of carbonyl (C=O) groups is 1. The van der Waals surface area contributed by atoms with E-state index in [9.17, 15) is 4.79 Å². The molecule has 0 aromatic heterocycles. The molecule has 0 N–H and O–H groups in total. The second-order valence-corrected chi connectivity index (χ2v) is 6.33. The van der Waals surface area contributed by atoms with Crippen molar-refractivity contribution in [3.63, 3.8) is 0 Å². The number of fused-ring (bicyclic) bond motifs is 1. The lowest BCUT2D eigenvalue weighted by Crippen LogP contribution is -2.45. The van der Waals surface area contributed by atoms with Gasteiger partial charge < -0.3 is 0 Å². The van der Waals surface area contributed by atoms with Crippen LogP contribution in [0, 0.1) is 0 Å². The van der Waals surface area contributed by atoms with Gasteiger partial charge in [-0.2, -0.15) is 0 Å². The van der Waals surface area contributed by atoms with Crippen LogP contribution in [0.15, 0.2) is 66.7 Å². The molecule has 2 bridgehead atoms. The highest BCUT2D eigenvalue weighted by Crippen LogP contribution is 2.50. The third-order valence-electron chi connectivity index (χ3n) is 4.77. The Morgan fingerprint density at radius 3 is 2.30 bits per heavy atom. The van der Waals surface area contributed by atoms with Gasteiger partial charge in [-0.3, -0.25) is 4.79 Å². The van der Waals surface area contributed by atoms with Crippen LogP contribution in [-0.2, 0) is 21.0 Å². The van der Waals surface area contributed by atoms with Gasteiger partial charge in [0.2, 0.25) is 0 Å². The summed E-state index contributed by atoms with van der Waals surface area (Å²) in [5.74, 6) is 0.119. The van der Waals surface area contributed by atoms with Gasteiger partial charge in [0.05, 0.1) is 0 Å². The van der Waals surface area contributed by atoms with E-state index in [4.69, 9.17) is 9.78 Å². The van der Waals surface area contributed by atoms with E-state index in [0.717, 1.165) is 16.7 Å². The van der Waals surface area contributed by atoms with Gasteiger partial charge in [-0.05, 0) is 36.6 Å². The number of ketones is 1.